The Kier molecular flexibility index (Phi) is 3.80. The van der Waals surface area contributed by atoms with E-state index in [0.29, 0.717) is 12.3 Å². The number of hydrogen-bond acceptors (Lipinski definition) is 2. The topological polar surface area (TPSA) is 32.6 Å². The quantitative estimate of drug-likeness (QED) is 0.358. The maximum atomic E-state index is 12.5. The van der Waals surface area contributed by atoms with Gasteiger partial charge in [-0.05, 0) is 12.1 Å². The summed E-state index contributed by atoms with van der Waals surface area (Å²) in [7, 11) is 0. The van der Waals surface area contributed by atoms with Gasteiger partial charge in [0.2, 0.25) is 0 Å². The van der Waals surface area contributed by atoms with Gasteiger partial charge in [-0.25, -0.2) is 0 Å². The van der Waals surface area contributed by atoms with Crippen molar-refractivity contribution < 1.29 is 31.5 Å². The first-order valence-corrected chi connectivity index (χ1v) is 4.60. The second-order valence-corrected chi connectivity index (χ2v) is 3.55. The Balaban J connectivity index is 3.57. The van der Waals surface area contributed by atoms with Gasteiger partial charge in [-0.15, -0.1) is 0 Å². The predicted octanol–water partition coefficient (Wildman–Crippen LogP) is 4.19. The predicted molar refractivity (Wildman–Crippen MR) is 50.8 cm³/mol. The van der Waals surface area contributed by atoms with Crippen LogP contribution in [0.1, 0.15) is 16.7 Å². The van der Waals surface area contributed by atoms with Crippen LogP contribution in [0.3, 0.4) is 0 Å². The van der Waals surface area contributed by atoms with Crippen molar-refractivity contribution in [3.05, 3.63) is 33.8 Å². The van der Waals surface area contributed by atoms with E-state index >= 15 is 0 Å². The first-order chi connectivity index (χ1) is 8.07. The first kappa shape index (κ1) is 14.6. The van der Waals surface area contributed by atoms with Crippen LogP contribution in [0.2, 0.25) is 5.02 Å². The molecule has 100 valence electrons. The maximum Gasteiger partial charge on any atom is 0.417 e. The lowest BCUT2D eigenvalue weighted by Gasteiger charge is -2.14. The highest BCUT2D eigenvalue weighted by Gasteiger charge is 2.39. The van der Waals surface area contributed by atoms with Gasteiger partial charge in [0.1, 0.15) is 0 Å². The van der Waals surface area contributed by atoms with Crippen molar-refractivity contribution in [2.24, 2.45) is 5.16 Å². The Bertz CT molecular complexity index is 479. The molecule has 0 unspecified atom stereocenters. The fourth-order valence-electron chi connectivity index (χ4n) is 1.17. The molecule has 0 saturated heterocycles. The fraction of sp³-hybridized carbons (Fsp3) is 0.222. The number of nitrogens with zero attached hydrogens (tertiary/aromatic N) is 1. The molecule has 0 aliphatic carbocycles. The Labute approximate surface area is 101 Å². The molecule has 9 heteroatoms. The summed E-state index contributed by atoms with van der Waals surface area (Å²) in [5.74, 6) is 0. The second kappa shape index (κ2) is 4.68. The highest BCUT2D eigenvalue weighted by Crippen LogP contribution is 2.40. The van der Waals surface area contributed by atoms with Crippen molar-refractivity contribution in [1.29, 1.82) is 0 Å². The van der Waals surface area contributed by atoms with E-state index in [1.807, 2.05) is 0 Å². The minimum atomic E-state index is -5.05. The molecule has 0 aliphatic heterocycles. The lowest BCUT2D eigenvalue weighted by Crippen LogP contribution is -2.13. The van der Waals surface area contributed by atoms with Gasteiger partial charge in [-0.3, -0.25) is 0 Å². The molecule has 0 radical (unpaired) electrons. The van der Waals surface area contributed by atoms with Crippen LogP contribution in [0.15, 0.2) is 17.3 Å². The van der Waals surface area contributed by atoms with E-state index in [4.69, 9.17) is 16.8 Å². The molecular weight excluding hydrogens is 288 g/mol. The second-order valence-electron chi connectivity index (χ2n) is 3.17. The van der Waals surface area contributed by atoms with Gasteiger partial charge in [0.15, 0.2) is 0 Å². The minimum Gasteiger partial charge on any atom is -0.411 e. The smallest absolute Gasteiger partial charge is 0.411 e. The third-order valence-corrected chi connectivity index (χ3v) is 2.35. The molecule has 2 nitrogen and oxygen atoms in total. The van der Waals surface area contributed by atoms with Gasteiger partial charge in [-0.2, -0.15) is 26.3 Å². The Morgan fingerprint density at radius 3 is 2.00 bits per heavy atom. The van der Waals surface area contributed by atoms with Crippen LogP contribution >= 0.6 is 11.6 Å². The number of benzene rings is 1. The maximum absolute atomic E-state index is 12.5. The van der Waals surface area contributed by atoms with E-state index < -0.39 is 34.1 Å². The zero-order valence-corrected chi connectivity index (χ0v) is 9.03. The monoisotopic (exact) mass is 291 g/mol. The largest absolute Gasteiger partial charge is 0.417 e. The third-order valence-electron chi connectivity index (χ3n) is 1.93. The summed E-state index contributed by atoms with van der Waals surface area (Å²) in [6, 6.07) is 0.258. The van der Waals surface area contributed by atoms with E-state index in [1.54, 1.807) is 0 Å². The molecule has 0 aromatic heterocycles. The molecule has 0 heterocycles. The number of oxime groups is 1. The Hall–Kier alpha value is -1.44. The van der Waals surface area contributed by atoms with E-state index in [0.717, 1.165) is 0 Å². The average molecular weight is 292 g/mol. The molecule has 1 aromatic carbocycles. The van der Waals surface area contributed by atoms with Crippen LogP contribution in [0.25, 0.3) is 0 Å². The molecule has 1 rings (SSSR count). The molecule has 0 fully saturated rings. The van der Waals surface area contributed by atoms with Crippen LogP contribution < -0.4 is 0 Å². The van der Waals surface area contributed by atoms with Crippen LogP contribution in [-0.2, 0) is 12.4 Å². The number of alkyl halides is 6. The summed E-state index contributed by atoms with van der Waals surface area (Å²) >= 11 is 5.30. The highest BCUT2D eigenvalue weighted by molar-refractivity contribution is 6.34. The van der Waals surface area contributed by atoms with Crippen molar-refractivity contribution in [1.82, 2.24) is 0 Å². The van der Waals surface area contributed by atoms with Crippen LogP contribution in [-0.4, -0.2) is 11.4 Å². The number of rotatable bonds is 1. The zero-order valence-electron chi connectivity index (χ0n) is 8.27. The standard InChI is InChI=1S/C9H4ClF6NO/c10-7-4(3-17-18)1-5(8(11,12)13)2-6(7)9(14,15)16/h1-3,18H. The summed E-state index contributed by atoms with van der Waals surface area (Å²) in [5.41, 5.74) is -3.86. The molecule has 0 aliphatic rings. The van der Waals surface area contributed by atoms with Crippen molar-refractivity contribution in [3.8, 4) is 0 Å². The molecular formula is C9H4ClF6NO. The molecule has 0 bridgehead atoms. The normalized spacial score (nSPS) is 13.3. The number of hydrogen-bond donors (Lipinski definition) is 1. The SMILES string of the molecule is ON=Cc1cc(C(F)(F)F)cc(C(F)(F)F)c1Cl. The molecule has 0 amide bonds. The van der Waals surface area contributed by atoms with Crippen molar-refractivity contribution in [2.75, 3.05) is 0 Å². The first-order valence-electron chi connectivity index (χ1n) is 4.22. The Morgan fingerprint density at radius 1 is 1.06 bits per heavy atom. The molecule has 1 aromatic rings. The summed E-state index contributed by atoms with van der Waals surface area (Å²) in [6.07, 6.45) is -9.62. The molecule has 0 saturated carbocycles. The average Bonchev–Trinajstić information content (AvgIpc) is 2.17. The molecule has 18 heavy (non-hydrogen) atoms. The van der Waals surface area contributed by atoms with E-state index in [1.165, 1.54) is 0 Å². The minimum absolute atomic E-state index is 0.100. The van der Waals surface area contributed by atoms with E-state index in [9.17, 15) is 26.3 Å². The van der Waals surface area contributed by atoms with Gasteiger partial charge in [0, 0.05) is 5.56 Å². The van der Waals surface area contributed by atoms with Crippen LogP contribution in [0, 0.1) is 0 Å². The lowest BCUT2D eigenvalue weighted by molar-refractivity contribution is -0.143. The fourth-order valence-corrected chi connectivity index (χ4v) is 1.44. The molecule has 0 spiro atoms. The summed E-state index contributed by atoms with van der Waals surface area (Å²) in [5, 5.41) is 9.58. The summed E-state index contributed by atoms with van der Waals surface area (Å²) < 4.78 is 74.6. The molecule has 1 N–H and O–H groups in total. The van der Waals surface area contributed by atoms with Crippen molar-refractivity contribution >= 4 is 17.8 Å². The highest BCUT2D eigenvalue weighted by atomic mass is 35.5. The third kappa shape index (κ3) is 3.06. The van der Waals surface area contributed by atoms with Crippen LogP contribution in [0.4, 0.5) is 26.3 Å². The summed E-state index contributed by atoms with van der Waals surface area (Å²) in [6.45, 7) is 0. The van der Waals surface area contributed by atoms with Gasteiger partial charge < -0.3 is 5.21 Å². The van der Waals surface area contributed by atoms with Crippen molar-refractivity contribution in [3.63, 3.8) is 0 Å². The van der Waals surface area contributed by atoms with E-state index in [-0.39, 0.29) is 6.07 Å². The van der Waals surface area contributed by atoms with Gasteiger partial charge in [0.05, 0.1) is 22.4 Å². The van der Waals surface area contributed by atoms with E-state index in [2.05, 4.69) is 5.16 Å². The Morgan fingerprint density at radius 2 is 1.61 bits per heavy atom. The lowest BCUT2D eigenvalue weighted by atomic mass is 10.1. The van der Waals surface area contributed by atoms with Crippen molar-refractivity contribution in [2.45, 2.75) is 12.4 Å². The zero-order chi connectivity index (χ0) is 14.1. The van der Waals surface area contributed by atoms with Gasteiger partial charge >= 0.3 is 12.4 Å². The molecule has 0 atom stereocenters. The van der Waals surface area contributed by atoms with Gasteiger partial charge in [0.25, 0.3) is 0 Å². The summed E-state index contributed by atoms with van der Waals surface area (Å²) in [4.78, 5) is 0. The van der Waals surface area contributed by atoms with Crippen LogP contribution in [0.5, 0.6) is 0 Å². The number of halogens is 7. The van der Waals surface area contributed by atoms with Gasteiger partial charge in [-0.1, -0.05) is 16.8 Å².